The highest BCUT2D eigenvalue weighted by atomic mass is 32.2. The smallest absolute Gasteiger partial charge is 0.0129 e. The molecular formula is C9H13NS. The van der Waals surface area contributed by atoms with Crippen molar-refractivity contribution in [3.05, 3.63) is 30.3 Å². The maximum absolute atomic E-state index is 5.62. The summed E-state index contributed by atoms with van der Waals surface area (Å²) in [6.45, 7) is 2.02. The van der Waals surface area contributed by atoms with Crippen molar-refractivity contribution in [3.63, 3.8) is 0 Å². The molecule has 0 aromatic heterocycles. The van der Waals surface area contributed by atoms with Crippen LogP contribution in [-0.4, -0.2) is 11.8 Å². The van der Waals surface area contributed by atoms with Gasteiger partial charge in [0.25, 0.3) is 0 Å². The first-order chi connectivity index (χ1) is 5.29. The quantitative estimate of drug-likeness (QED) is 0.698. The summed E-state index contributed by atoms with van der Waals surface area (Å²) in [6.07, 6.45) is 0. The Morgan fingerprint density at radius 3 is 2.55 bits per heavy atom. The Balaban J connectivity index is 2.39. The number of hydrogen-bond acceptors (Lipinski definition) is 2. The molecule has 1 nitrogen and oxygen atoms in total. The zero-order valence-corrected chi connectivity index (χ0v) is 7.47. The van der Waals surface area contributed by atoms with Crippen molar-refractivity contribution in [3.8, 4) is 0 Å². The van der Waals surface area contributed by atoms with Crippen LogP contribution in [0.15, 0.2) is 35.2 Å². The van der Waals surface area contributed by atoms with Crippen LogP contribution in [-0.2, 0) is 0 Å². The molecule has 0 aliphatic rings. The van der Waals surface area contributed by atoms with Gasteiger partial charge in [-0.15, -0.1) is 11.8 Å². The topological polar surface area (TPSA) is 26.0 Å². The monoisotopic (exact) mass is 167 g/mol. The van der Waals surface area contributed by atoms with Crippen molar-refractivity contribution >= 4 is 11.8 Å². The average molecular weight is 167 g/mol. The third kappa shape index (κ3) is 3.44. The van der Waals surface area contributed by atoms with E-state index in [9.17, 15) is 0 Å². The number of thioether (sulfide) groups is 1. The van der Waals surface area contributed by atoms with Gasteiger partial charge < -0.3 is 5.73 Å². The summed E-state index contributed by atoms with van der Waals surface area (Å²) in [5.41, 5.74) is 5.62. The van der Waals surface area contributed by atoms with Gasteiger partial charge in [-0.2, -0.15) is 0 Å². The van der Waals surface area contributed by atoms with E-state index < -0.39 is 0 Å². The molecule has 1 atom stereocenters. The molecule has 0 bridgehead atoms. The lowest BCUT2D eigenvalue weighted by molar-refractivity contribution is 0.847. The second kappa shape index (κ2) is 4.42. The van der Waals surface area contributed by atoms with Gasteiger partial charge in [-0.3, -0.25) is 0 Å². The molecule has 0 amide bonds. The van der Waals surface area contributed by atoms with Crippen molar-refractivity contribution in [2.24, 2.45) is 5.73 Å². The zero-order valence-electron chi connectivity index (χ0n) is 6.66. The summed E-state index contributed by atoms with van der Waals surface area (Å²) in [6, 6.07) is 10.6. The SMILES string of the molecule is C[C@H](N)CSc1ccccc1. The molecule has 2 N–H and O–H groups in total. The first-order valence-corrected chi connectivity index (χ1v) is 4.71. The minimum atomic E-state index is 0.278. The van der Waals surface area contributed by atoms with Crippen molar-refractivity contribution in [1.29, 1.82) is 0 Å². The largest absolute Gasteiger partial charge is 0.327 e. The van der Waals surface area contributed by atoms with Gasteiger partial charge in [0.2, 0.25) is 0 Å². The van der Waals surface area contributed by atoms with Crippen LogP contribution in [0.5, 0.6) is 0 Å². The van der Waals surface area contributed by atoms with Gasteiger partial charge in [-0.05, 0) is 19.1 Å². The van der Waals surface area contributed by atoms with Gasteiger partial charge in [-0.25, -0.2) is 0 Å². The Bertz CT molecular complexity index is 196. The van der Waals surface area contributed by atoms with E-state index in [1.807, 2.05) is 25.1 Å². The van der Waals surface area contributed by atoms with Crippen LogP contribution in [0.2, 0.25) is 0 Å². The van der Waals surface area contributed by atoms with E-state index in [1.165, 1.54) is 4.90 Å². The molecule has 60 valence electrons. The Kier molecular flexibility index (Phi) is 3.46. The zero-order chi connectivity index (χ0) is 8.10. The summed E-state index contributed by atoms with van der Waals surface area (Å²) < 4.78 is 0. The highest BCUT2D eigenvalue weighted by Gasteiger charge is 1.95. The normalized spacial score (nSPS) is 12.9. The van der Waals surface area contributed by atoms with E-state index in [-0.39, 0.29) is 6.04 Å². The molecule has 1 rings (SSSR count). The molecule has 2 heteroatoms. The van der Waals surface area contributed by atoms with E-state index in [4.69, 9.17) is 5.73 Å². The highest BCUT2D eigenvalue weighted by Crippen LogP contribution is 2.16. The molecule has 0 aliphatic carbocycles. The molecule has 0 fully saturated rings. The summed E-state index contributed by atoms with van der Waals surface area (Å²) in [5, 5.41) is 0. The maximum Gasteiger partial charge on any atom is 0.0129 e. The summed E-state index contributed by atoms with van der Waals surface area (Å²) in [5.74, 6) is 0.990. The van der Waals surface area contributed by atoms with E-state index >= 15 is 0 Å². The summed E-state index contributed by atoms with van der Waals surface area (Å²) in [7, 11) is 0. The van der Waals surface area contributed by atoms with Crippen molar-refractivity contribution in [2.45, 2.75) is 17.9 Å². The third-order valence-electron chi connectivity index (χ3n) is 1.26. The number of rotatable bonds is 3. The molecule has 0 unspecified atom stereocenters. The van der Waals surface area contributed by atoms with Gasteiger partial charge in [0, 0.05) is 16.7 Å². The first kappa shape index (κ1) is 8.62. The third-order valence-corrected chi connectivity index (χ3v) is 2.55. The molecule has 0 aliphatic heterocycles. The fourth-order valence-electron chi connectivity index (χ4n) is 0.744. The van der Waals surface area contributed by atoms with Crippen LogP contribution in [0.1, 0.15) is 6.92 Å². The molecule has 0 radical (unpaired) electrons. The molecule has 0 spiro atoms. The summed E-state index contributed by atoms with van der Waals surface area (Å²) >= 11 is 1.80. The molecule has 0 saturated heterocycles. The second-order valence-corrected chi connectivity index (χ2v) is 3.69. The van der Waals surface area contributed by atoms with Crippen LogP contribution >= 0.6 is 11.8 Å². The fraction of sp³-hybridized carbons (Fsp3) is 0.333. The van der Waals surface area contributed by atoms with Crippen molar-refractivity contribution in [2.75, 3.05) is 5.75 Å². The molecule has 0 heterocycles. The highest BCUT2D eigenvalue weighted by molar-refractivity contribution is 7.99. The Labute approximate surface area is 72.0 Å². The number of hydrogen-bond donors (Lipinski definition) is 1. The van der Waals surface area contributed by atoms with Crippen LogP contribution in [0, 0.1) is 0 Å². The van der Waals surface area contributed by atoms with Gasteiger partial charge in [-0.1, -0.05) is 18.2 Å². The van der Waals surface area contributed by atoms with Gasteiger partial charge in [0.15, 0.2) is 0 Å². The Hall–Kier alpha value is -0.470. The predicted octanol–water partition coefficient (Wildman–Crippen LogP) is 2.13. The molecule has 1 aromatic carbocycles. The lowest BCUT2D eigenvalue weighted by Gasteiger charge is -2.03. The maximum atomic E-state index is 5.62. The second-order valence-electron chi connectivity index (χ2n) is 2.60. The van der Waals surface area contributed by atoms with Crippen molar-refractivity contribution in [1.82, 2.24) is 0 Å². The Morgan fingerprint density at radius 1 is 1.36 bits per heavy atom. The van der Waals surface area contributed by atoms with Gasteiger partial charge >= 0.3 is 0 Å². The van der Waals surface area contributed by atoms with Crippen LogP contribution in [0.4, 0.5) is 0 Å². The molecule has 0 saturated carbocycles. The van der Waals surface area contributed by atoms with E-state index in [2.05, 4.69) is 12.1 Å². The van der Waals surface area contributed by atoms with E-state index in [1.54, 1.807) is 11.8 Å². The minimum Gasteiger partial charge on any atom is -0.327 e. The standard InChI is InChI=1S/C9H13NS/c1-8(10)7-11-9-5-3-2-4-6-9/h2-6,8H,7,10H2,1H3/t8-/m0/s1. The average Bonchev–Trinajstić information content (AvgIpc) is 2.03. The van der Waals surface area contributed by atoms with E-state index in [0.29, 0.717) is 0 Å². The predicted molar refractivity (Wildman–Crippen MR) is 50.8 cm³/mol. The van der Waals surface area contributed by atoms with Gasteiger partial charge in [0.05, 0.1) is 0 Å². The van der Waals surface area contributed by atoms with Crippen LogP contribution in [0.3, 0.4) is 0 Å². The van der Waals surface area contributed by atoms with Gasteiger partial charge in [0.1, 0.15) is 0 Å². The Morgan fingerprint density at radius 2 is 2.00 bits per heavy atom. The summed E-state index contributed by atoms with van der Waals surface area (Å²) in [4.78, 5) is 1.30. The molecule has 1 aromatic rings. The van der Waals surface area contributed by atoms with Crippen LogP contribution < -0.4 is 5.73 Å². The molecular weight excluding hydrogens is 154 g/mol. The van der Waals surface area contributed by atoms with Crippen LogP contribution in [0.25, 0.3) is 0 Å². The molecule has 11 heavy (non-hydrogen) atoms. The van der Waals surface area contributed by atoms with E-state index in [0.717, 1.165) is 5.75 Å². The first-order valence-electron chi connectivity index (χ1n) is 3.72. The van der Waals surface area contributed by atoms with Crippen molar-refractivity contribution < 1.29 is 0 Å². The lowest BCUT2D eigenvalue weighted by atomic mass is 10.4. The fourth-order valence-corrected chi connectivity index (χ4v) is 1.55. The number of nitrogens with two attached hydrogens (primary N) is 1. The lowest BCUT2D eigenvalue weighted by Crippen LogP contribution is -2.17. The minimum absolute atomic E-state index is 0.278. The number of benzene rings is 1.